The molecule has 2 fully saturated rings. The molecule has 1 atom stereocenters. The Kier molecular flexibility index (Phi) is 4.71. The zero-order valence-electron chi connectivity index (χ0n) is 12.1. The Bertz CT molecular complexity index is 598. The van der Waals surface area contributed by atoms with Crippen LogP contribution in [0.3, 0.4) is 0 Å². The number of halogens is 2. The quantitative estimate of drug-likeness (QED) is 0.860. The van der Waals surface area contributed by atoms with Crippen LogP contribution in [-0.4, -0.2) is 35.8 Å². The highest BCUT2D eigenvalue weighted by molar-refractivity contribution is 6.33. The van der Waals surface area contributed by atoms with Crippen LogP contribution >= 0.6 is 23.2 Å². The minimum atomic E-state index is -0.275. The lowest BCUT2D eigenvalue weighted by molar-refractivity contribution is -0.126. The molecular weight excluding hydrogens is 323 g/mol. The van der Waals surface area contributed by atoms with E-state index in [4.69, 9.17) is 23.2 Å². The monoisotopic (exact) mass is 340 g/mol. The number of amides is 2. The van der Waals surface area contributed by atoms with Gasteiger partial charge in [-0.2, -0.15) is 0 Å². The van der Waals surface area contributed by atoms with Crippen LogP contribution in [-0.2, 0) is 16.0 Å². The van der Waals surface area contributed by atoms with Gasteiger partial charge in [-0.3, -0.25) is 19.8 Å². The SMILES string of the molecule is O=C1CC(N2CCC(Cc3cc(Cl)ccc3Cl)CC2)C(=O)N1. The maximum atomic E-state index is 11.7. The van der Waals surface area contributed by atoms with E-state index < -0.39 is 0 Å². The summed E-state index contributed by atoms with van der Waals surface area (Å²) in [6, 6.07) is 5.29. The molecule has 1 aromatic carbocycles. The number of carbonyl (C=O) groups excluding carboxylic acids is 2. The first-order valence-corrected chi connectivity index (χ1v) is 8.30. The molecule has 2 aliphatic heterocycles. The molecule has 0 aromatic heterocycles. The van der Waals surface area contributed by atoms with Crippen LogP contribution in [0.1, 0.15) is 24.8 Å². The van der Waals surface area contributed by atoms with E-state index in [2.05, 4.69) is 10.2 Å². The maximum Gasteiger partial charge on any atom is 0.244 e. The largest absolute Gasteiger partial charge is 0.295 e. The summed E-state index contributed by atoms with van der Waals surface area (Å²) in [7, 11) is 0. The average Bonchev–Trinajstić information content (AvgIpc) is 2.82. The summed E-state index contributed by atoms with van der Waals surface area (Å²) in [6.45, 7) is 1.68. The molecule has 6 heteroatoms. The summed E-state index contributed by atoms with van der Waals surface area (Å²) in [5.41, 5.74) is 1.08. The van der Waals surface area contributed by atoms with Crippen molar-refractivity contribution >= 4 is 35.0 Å². The average molecular weight is 341 g/mol. The van der Waals surface area contributed by atoms with E-state index in [0.717, 1.165) is 42.9 Å². The van der Waals surface area contributed by atoms with Crippen LogP contribution in [0.4, 0.5) is 0 Å². The number of rotatable bonds is 3. The molecule has 4 nitrogen and oxygen atoms in total. The molecule has 22 heavy (non-hydrogen) atoms. The molecular formula is C16H18Cl2N2O2. The fourth-order valence-electron chi connectivity index (χ4n) is 3.31. The van der Waals surface area contributed by atoms with Gasteiger partial charge in [0.05, 0.1) is 12.5 Å². The third-order valence-corrected chi connectivity index (χ3v) is 5.15. The zero-order valence-corrected chi connectivity index (χ0v) is 13.7. The van der Waals surface area contributed by atoms with Crippen molar-refractivity contribution in [2.24, 2.45) is 5.92 Å². The predicted octanol–water partition coefficient (Wildman–Crippen LogP) is 2.66. The van der Waals surface area contributed by atoms with E-state index in [-0.39, 0.29) is 17.9 Å². The summed E-state index contributed by atoms with van der Waals surface area (Å²) in [5, 5.41) is 3.84. The number of imide groups is 1. The zero-order chi connectivity index (χ0) is 15.7. The summed E-state index contributed by atoms with van der Waals surface area (Å²) < 4.78 is 0. The van der Waals surface area contributed by atoms with Crippen molar-refractivity contribution in [3.8, 4) is 0 Å². The highest BCUT2D eigenvalue weighted by Gasteiger charge is 2.36. The maximum absolute atomic E-state index is 11.7. The number of hydrogen-bond donors (Lipinski definition) is 1. The Hall–Kier alpha value is -1.10. The third kappa shape index (κ3) is 3.45. The van der Waals surface area contributed by atoms with Gasteiger partial charge in [0.25, 0.3) is 0 Å². The Balaban J connectivity index is 1.57. The second-order valence-corrected chi connectivity index (χ2v) is 6.90. The topological polar surface area (TPSA) is 49.4 Å². The molecule has 0 spiro atoms. The van der Waals surface area contributed by atoms with Crippen LogP contribution in [0.25, 0.3) is 0 Å². The molecule has 1 N–H and O–H groups in total. The normalized spacial score (nSPS) is 23.8. The van der Waals surface area contributed by atoms with Crippen molar-refractivity contribution in [2.75, 3.05) is 13.1 Å². The summed E-state index contributed by atoms with van der Waals surface area (Å²) in [6.07, 6.45) is 3.20. The molecule has 2 aliphatic rings. The molecule has 1 unspecified atom stereocenters. The molecule has 3 rings (SSSR count). The first-order valence-electron chi connectivity index (χ1n) is 7.54. The van der Waals surface area contributed by atoms with E-state index in [9.17, 15) is 9.59 Å². The fourth-order valence-corrected chi connectivity index (χ4v) is 3.70. The second-order valence-electron chi connectivity index (χ2n) is 6.05. The second kappa shape index (κ2) is 6.57. The molecule has 0 saturated carbocycles. The van der Waals surface area contributed by atoms with Gasteiger partial charge >= 0.3 is 0 Å². The van der Waals surface area contributed by atoms with Crippen LogP contribution in [0.15, 0.2) is 18.2 Å². The molecule has 2 saturated heterocycles. The third-order valence-electron chi connectivity index (χ3n) is 4.55. The van der Waals surface area contributed by atoms with Crippen LogP contribution in [0.2, 0.25) is 10.0 Å². The number of piperidine rings is 1. The Morgan fingerprint density at radius 3 is 2.55 bits per heavy atom. The smallest absolute Gasteiger partial charge is 0.244 e. The van der Waals surface area contributed by atoms with Gasteiger partial charge in [0.2, 0.25) is 11.8 Å². The predicted molar refractivity (Wildman–Crippen MR) is 86.0 cm³/mol. The first kappa shape index (κ1) is 15.8. The minimum Gasteiger partial charge on any atom is -0.295 e. The highest BCUT2D eigenvalue weighted by Crippen LogP contribution is 2.29. The van der Waals surface area contributed by atoms with Crippen molar-refractivity contribution in [2.45, 2.75) is 31.7 Å². The van der Waals surface area contributed by atoms with E-state index in [1.165, 1.54) is 0 Å². The standard InChI is InChI=1S/C16H18Cl2N2O2/c17-12-1-2-13(18)11(8-12)7-10-3-5-20(6-4-10)14-9-15(21)19-16(14)22/h1-2,8,10,14H,3-7,9H2,(H,19,21,22). The lowest BCUT2D eigenvalue weighted by atomic mass is 9.89. The number of nitrogens with one attached hydrogen (secondary N) is 1. The van der Waals surface area contributed by atoms with E-state index >= 15 is 0 Å². The van der Waals surface area contributed by atoms with E-state index in [0.29, 0.717) is 17.4 Å². The molecule has 1 aromatic rings. The lowest BCUT2D eigenvalue weighted by Crippen LogP contribution is -2.45. The van der Waals surface area contributed by atoms with Crippen molar-refractivity contribution in [3.63, 3.8) is 0 Å². The van der Waals surface area contributed by atoms with Gasteiger partial charge < -0.3 is 0 Å². The van der Waals surface area contributed by atoms with Crippen molar-refractivity contribution < 1.29 is 9.59 Å². The van der Waals surface area contributed by atoms with Crippen molar-refractivity contribution in [3.05, 3.63) is 33.8 Å². The summed E-state index contributed by atoms with van der Waals surface area (Å²) >= 11 is 12.3. The van der Waals surface area contributed by atoms with Gasteiger partial charge in [-0.15, -0.1) is 0 Å². The minimum absolute atomic E-state index is 0.152. The van der Waals surface area contributed by atoms with Crippen LogP contribution in [0.5, 0.6) is 0 Å². The number of nitrogens with zero attached hydrogens (tertiary/aromatic N) is 1. The first-order chi connectivity index (χ1) is 10.5. The molecule has 0 bridgehead atoms. The van der Waals surface area contributed by atoms with Crippen molar-refractivity contribution in [1.29, 1.82) is 0 Å². The Morgan fingerprint density at radius 1 is 1.18 bits per heavy atom. The molecule has 118 valence electrons. The fraction of sp³-hybridized carbons (Fsp3) is 0.500. The van der Waals surface area contributed by atoms with Gasteiger partial charge in [0.1, 0.15) is 0 Å². The van der Waals surface area contributed by atoms with E-state index in [1.54, 1.807) is 6.07 Å². The van der Waals surface area contributed by atoms with Gasteiger partial charge in [-0.1, -0.05) is 23.2 Å². The summed E-state index contributed by atoms with van der Waals surface area (Å²) in [5.74, 6) is 0.219. The van der Waals surface area contributed by atoms with Gasteiger partial charge in [0, 0.05) is 10.0 Å². The number of likely N-dealkylation sites (tertiary alicyclic amines) is 1. The number of carbonyl (C=O) groups is 2. The van der Waals surface area contributed by atoms with Crippen molar-refractivity contribution in [1.82, 2.24) is 10.2 Å². The van der Waals surface area contributed by atoms with E-state index in [1.807, 2.05) is 12.1 Å². The molecule has 0 radical (unpaired) electrons. The number of benzene rings is 1. The lowest BCUT2D eigenvalue weighted by Gasteiger charge is -2.34. The molecule has 0 aliphatic carbocycles. The molecule has 2 heterocycles. The van der Waals surface area contributed by atoms with Gasteiger partial charge in [-0.25, -0.2) is 0 Å². The summed E-state index contributed by atoms with van der Waals surface area (Å²) in [4.78, 5) is 25.1. The Morgan fingerprint density at radius 2 is 1.91 bits per heavy atom. The Labute approximate surface area is 139 Å². The van der Waals surface area contributed by atoms with Crippen LogP contribution < -0.4 is 5.32 Å². The highest BCUT2D eigenvalue weighted by atomic mass is 35.5. The van der Waals surface area contributed by atoms with Gasteiger partial charge in [-0.05, 0) is 62.0 Å². The molecule has 2 amide bonds. The van der Waals surface area contributed by atoms with Gasteiger partial charge in [0.15, 0.2) is 0 Å². The number of hydrogen-bond acceptors (Lipinski definition) is 3. The van der Waals surface area contributed by atoms with Crippen LogP contribution in [0, 0.1) is 5.92 Å².